The van der Waals surface area contributed by atoms with Gasteiger partial charge in [0.1, 0.15) is 11.6 Å². The molecule has 0 spiro atoms. The van der Waals surface area contributed by atoms with Crippen LogP contribution in [0, 0.1) is 0 Å². The third kappa shape index (κ3) is 5.99. The van der Waals surface area contributed by atoms with Crippen LogP contribution in [0.4, 0.5) is 11.5 Å². The number of carbonyl (C=O) groups is 1. The quantitative estimate of drug-likeness (QED) is 0.586. The van der Waals surface area contributed by atoms with Crippen molar-refractivity contribution in [3.8, 4) is 5.75 Å². The monoisotopic (exact) mass is 395 g/mol. The minimum atomic E-state index is -0.112. The number of methoxy groups -OCH3 is 1. The second-order valence-corrected chi connectivity index (χ2v) is 6.75. The number of hydrogen-bond acceptors (Lipinski definition) is 4. The standard InChI is InChI=1S/C22H22ClN3O2/c1-28-20-8-5-17(6-9-20)14-22(27)26-21-10-7-19(15-25-21)24-12-11-16-3-2-4-18(23)13-16/h2-10,13,15,24H,11-12,14H2,1H3,(H,25,26,27). The van der Waals surface area contributed by atoms with Crippen molar-refractivity contribution in [2.75, 3.05) is 24.3 Å². The van der Waals surface area contributed by atoms with Crippen molar-refractivity contribution >= 4 is 29.0 Å². The highest BCUT2D eigenvalue weighted by Gasteiger charge is 2.05. The van der Waals surface area contributed by atoms with E-state index < -0.39 is 0 Å². The van der Waals surface area contributed by atoms with Gasteiger partial charge in [-0.3, -0.25) is 4.79 Å². The Bertz CT molecular complexity index is 912. The van der Waals surface area contributed by atoms with E-state index in [-0.39, 0.29) is 12.3 Å². The summed E-state index contributed by atoms with van der Waals surface area (Å²) in [6.07, 6.45) is 2.85. The minimum absolute atomic E-state index is 0.112. The molecule has 0 aliphatic heterocycles. The number of ether oxygens (including phenoxy) is 1. The van der Waals surface area contributed by atoms with Gasteiger partial charge in [0.15, 0.2) is 0 Å². The van der Waals surface area contributed by atoms with Gasteiger partial charge in [-0.1, -0.05) is 35.9 Å². The largest absolute Gasteiger partial charge is 0.497 e. The first-order valence-corrected chi connectivity index (χ1v) is 9.37. The van der Waals surface area contributed by atoms with Crippen LogP contribution in [-0.2, 0) is 17.6 Å². The van der Waals surface area contributed by atoms with Crippen LogP contribution in [0.3, 0.4) is 0 Å². The van der Waals surface area contributed by atoms with E-state index in [0.717, 1.165) is 35.0 Å². The second-order valence-electron chi connectivity index (χ2n) is 6.31. The summed E-state index contributed by atoms with van der Waals surface area (Å²) in [5, 5.41) is 6.87. The van der Waals surface area contributed by atoms with Gasteiger partial charge >= 0.3 is 0 Å². The first-order valence-electron chi connectivity index (χ1n) is 8.99. The molecule has 0 atom stereocenters. The third-order valence-corrected chi connectivity index (χ3v) is 4.42. The highest BCUT2D eigenvalue weighted by atomic mass is 35.5. The van der Waals surface area contributed by atoms with E-state index in [9.17, 15) is 4.79 Å². The fraction of sp³-hybridized carbons (Fsp3) is 0.182. The van der Waals surface area contributed by atoms with E-state index in [1.807, 2.05) is 54.6 Å². The second kappa shape index (κ2) is 9.76. The van der Waals surface area contributed by atoms with E-state index in [1.54, 1.807) is 19.4 Å². The Balaban J connectivity index is 1.46. The molecule has 0 unspecified atom stereocenters. The van der Waals surface area contributed by atoms with Crippen molar-refractivity contribution < 1.29 is 9.53 Å². The predicted molar refractivity (Wildman–Crippen MR) is 113 cm³/mol. The molecule has 3 rings (SSSR count). The molecule has 0 radical (unpaired) electrons. The molecule has 28 heavy (non-hydrogen) atoms. The molecule has 0 aliphatic rings. The number of anilines is 2. The molecule has 1 aromatic heterocycles. The zero-order valence-corrected chi connectivity index (χ0v) is 16.4. The van der Waals surface area contributed by atoms with Gasteiger partial charge in [-0.2, -0.15) is 0 Å². The Labute approximate surface area is 169 Å². The Morgan fingerprint density at radius 3 is 2.57 bits per heavy atom. The molecular formula is C22H22ClN3O2. The van der Waals surface area contributed by atoms with Crippen molar-refractivity contribution in [2.24, 2.45) is 0 Å². The summed E-state index contributed by atoms with van der Waals surface area (Å²) >= 11 is 5.99. The molecule has 1 amide bonds. The van der Waals surface area contributed by atoms with Crippen LogP contribution in [0.1, 0.15) is 11.1 Å². The zero-order valence-electron chi connectivity index (χ0n) is 15.6. The molecule has 0 saturated carbocycles. The molecule has 2 N–H and O–H groups in total. The molecule has 5 nitrogen and oxygen atoms in total. The highest BCUT2D eigenvalue weighted by molar-refractivity contribution is 6.30. The van der Waals surface area contributed by atoms with E-state index in [4.69, 9.17) is 16.3 Å². The van der Waals surface area contributed by atoms with Gasteiger partial charge in [0.25, 0.3) is 0 Å². The smallest absolute Gasteiger partial charge is 0.229 e. The van der Waals surface area contributed by atoms with Crippen molar-refractivity contribution in [1.82, 2.24) is 4.98 Å². The van der Waals surface area contributed by atoms with Gasteiger partial charge in [0.05, 0.1) is 25.4 Å². The van der Waals surface area contributed by atoms with Crippen LogP contribution in [0.5, 0.6) is 5.75 Å². The molecular weight excluding hydrogens is 374 g/mol. The number of pyridine rings is 1. The summed E-state index contributed by atoms with van der Waals surface area (Å²) in [5.41, 5.74) is 2.99. The number of halogens is 1. The summed E-state index contributed by atoms with van der Waals surface area (Å²) in [6, 6.07) is 18.9. The topological polar surface area (TPSA) is 63.2 Å². The maximum Gasteiger partial charge on any atom is 0.229 e. The van der Waals surface area contributed by atoms with Crippen molar-refractivity contribution in [3.05, 3.63) is 83.0 Å². The first kappa shape index (κ1) is 19.7. The van der Waals surface area contributed by atoms with Gasteiger partial charge in [-0.25, -0.2) is 4.98 Å². The Kier molecular flexibility index (Phi) is 6.87. The number of nitrogens with one attached hydrogen (secondary N) is 2. The number of aromatic nitrogens is 1. The average Bonchev–Trinajstić information content (AvgIpc) is 2.70. The third-order valence-electron chi connectivity index (χ3n) is 4.19. The summed E-state index contributed by atoms with van der Waals surface area (Å²) in [6.45, 7) is 0.769. The number of carbonyl (C=O) groups excluding carboxylic acids is 1. The minimum Gasteiger partial charge on any atom is -0.497 e. The molecule has 1 heterocycles. The van der Waals surface area contributed by atoms with E-state index in [1.165, 1.54) is 5.56 Å². The number of hydrogen-bond donors (Lipinski definition) is 2. The van der Waals surface area contributed by atoms with Crippen molar-refractivity contribution in [3.63, 3.8) is 0 Å². The average molecular weight is 396 g/mol. The predicted octanol–water partition coefficient (Wildman–Crippen LogP) is 4.58. The number of rotatable bonds is 8. The molecule has 0 saturated heterocycles. The summed E-state index contributed by atoms with van der Waals surface area (Å²) in [7, 11) is 1.61. The van der Waals surface area contributed by atoms with Crippen molar-refractivity contribution in [1.29, 1.82) is 0 Å². The SMILES string of the molecule is COc1ccc(CC(=O)Nc2ccc(NCCc3cccc(Cl)c3)cn2)cc1. The number of amides is 1. The molecule has 144 valence electrons. The molecule has 0 bridgehead atoms. The molecule has 0 fully saturated rings. The van der Waals surface area contributed by atoms with Crippen LogP contribution in [0.25, 0.3) is 0 Å². The first-order chi connectivity index (χ1) is 13.6. The lowest BCUT2D eigenvalue weighted by molar-refractivity contribution is -0.115. The fourth-order valence-corrected chi connectivity index (χ4v) is 2.94. The Hall–Kier alpha value is -3.05. The lowest BCUT2D eigenvalue weighted by Crippen LogP contribution is -2.15. The Morgan fingerprint density at radius 2 is 1.89 bits per heavy atom. The van der Waals surface area contributed by atoms with E-state index in [0.29, 0.717) is 5.82 Å². The summed E-state index contributed by atoms with van der Waals surface area (Å²) in [4.78, 5) is 16.5. The van der Waals surface area contributed by atoms with E-state index >= 15 is 0 Å². The van der Waals surface area contributed by atoms with E-state index in [2.05, 4.69) is 15.6 Å². The van der Waals surface area contributed by atoms with Crippen LogP contribution in [0.15, 0.2) is 66.9 Å². The van der Waals surface area contributed by atoms with Gasteiger partial charge in [-0.05, 0) is 53.9 Å². The number of benzene rings is 2. The zero-order chi connectivity index (χ0) is 19.8. The van der Waals surface area contributed by atoms with Gasteiger partial charge < -0.3 is 15.4 Å². The molecule has 2 aromatic carbocycles. The Morgan fingerprint density at radius 1 is 1.07 bits per heavy atom. The highest BCUT2D eigenvalue weighted by Crippen LogP contribution is 2.14. The maximum absolute atomic E-state index is 12.2. The van der Waals surface area contributed by atoms with Gasteiger partial charge in [0.2, 0.25) is 5.91 Å². The van der Waals surface area contributed by atoms with Gasteiger partial charge in [-0.15, -0.1) is 0 Å². The summed E-state index contributed by atoms with van der Waals surface area (Å²) in [5.74, 6) is 1.18. The molecule has 0 aliphatic carbocycles. The number of nitrogens with zero attached hydrogens (tertiary/aromatic N) is 1. The van der Waals surface area contributed by atoms with Crippen LogP contribution in [0.2, 0.25) is 5.02 Å². The fourth-order valence-electron chi connectivity index (χ4n) is 2.73. The van der Waals surface area contributed by atoms with Crippen molar-refractivity contribution in [2.45, 2.75) is 12.8 Å². The van der Waals surface area contributed by atoms with Gasteiger partial charge in [0, 0.05) is 11.6 Å². The normalized spacial score (nSPS) is 10.4. The van der Waals surface area contributed by atoms with Crippen LogP contribution in [-0.4, -0.2) is 24.5 Å². The lowest BCUT2D eigenvalue weighted by Gasteiger charge is -2.08. The molecule has 6 heteroatoms. The molecule has 3 aromatic rings. The summed E-state index contributed by atoms with van der Waals surface area (Å²) < 4.78 is 5.12. The maximum atomic E-state index is 12.2. The lowest BCUT2D eigenvalue weighted by atomic mass is 10.1. The van der Waals surface area contributed by atoms with Crippen LogP contribution >= 0.6 is 11.6 Å². The van der Waals surface area contributed by atoms with Crippen LogP contribution < -0.4 is 15.4 Å².